The standard InChI is InChI=1S/C15H22N2O3S/c1-11(2)9-14(18)17-15(21)16-12-5-4-6-13(10-12)20-8-7-19-3/h4-6,10-11H,7-9H2,1-3H3,(H2,16,17,18,21). The zero-order valence-corrected chi connectivity index (χ0v) is 13.5. The fourth-order valence-corrected chi connectivity index (χ4v) is 1.85. The molecule has 21 heavy (non-hydrogen) atoms. The molecule has 0 fully saturated rings. The first-order valence-corrected chi connectivity index (χ1v) is 7.24. The Bertz CT molecular complexity index is 478. The topological polar surface area (TPSA) is 59.6 Å². The van der Waals surface area contributed by atoms with Crippen LogP contribution in [0.15, 0.2) is 24.3 Å². The SMILES string of the molecule is COCCOc1cccc(NC(=S)NC(=O)CC(C)C)c1. The second-order valence-corrected chi connectivity index (χ2v) is 5.38. The average molecular weight is 310 g/mol. The van der Waals surface area contributed by atoms with E-state index in [9.17, 15) is 4.79 Å². The number of carbonyl (C=O) groups excluding carboxylic acids is 1. The Hall–Kier alpha value is -1.66. The van der Waals surface area contributed by atoms with Crippen molar-refractivity contribution in [3.63, 3.8) is 0 Å². The minimum Gasteiger partial charge on any atom is -0.491 e. The summed E-state index contributed by atoms with van der Waals surface area (Å²) in [5.41, 5.74) is 0.764. The molecule has 0 saturated heterocycles. The number of ether oxygens (including phenoxy) is 2. The molecule has 1 aromatic carbocycles. The Labute approximate surface area is 131 Å². The lowest BCUT2D eigenvalue weighted by molar-refractivity contribution is -0.120. The van der Waals surface area contributed by atoms with Crippen molar-refractivity contribution in [2.24, 2.45) is 5.92 Å². The molecule has 0 radical (unpaired) electrons. The van der Waals surface area contributed by atoms with Gasteiger partial charge in [0.05, 0.1) is 6.61 Å². The zero-order valence-electron chi connectivity index (χ0n) is 12.6. The van der Waals surface area contributed by atoms with E-state index in [2.05, 4.69) is 10.6 Å². The third kappa shape index (κ3) is 7.63. The summed E-state index contributed by atoms with van der Waals surface area (Å²) >= 11 is 5.11. The lowest BCUT2D eigenvalue weighted by Gasteiger charge is -2.12. The first-order valence-electron chi connectivity index (χ1n) is 6.84. The van der Waals surface area contributed by atoms with Crippen LogP contribution in [-0.2, 0) is 9.53 Å². The van der Waals surface area contributed by atoms with Crippen molar-refractivity contribution in [2.45, 2.75) is 20.3 Å². The first-order chi connectivity index (χ1) is 10.0. The minimum atomic E-state index is -0.0880. The Morgan fingerprint density at radius 1 is 1.33 bits per heavy atom. The molecule has 0 aromatic heterocycles. The fraction of sp³-hybridized carbons (Fsp3) is 0.467. The van der Waals surface area contributed by atoms with Gasteiger partial charge < -0.3 is 20.1 Å². The van der Waals surface area contributed by atoms with Gasteiger partial charge in [-0.15, -0.1) is 0 Å². The Morgan fingerprint density at radius 3 is 2.76 bits per heavy atom. The van der Waals surface area contributed by atoms with Crippen LogP contribution in [0.5, 0.6) is 5.75 Å². The van der Waals surface area contributed by atoms with E-state index in [-0.39, 0.29) is 11.0 Å². The van der Waals surface area contributed by atoms with Crippen molar-refractivity contribution in [2.75, 3.05) is 25.6 Å². The quantitative estimate of drug-likeness (QED) is 0.599. The molecule has 0 aliphatic heterocycles. The monoisotopic (exact) mass is 310 g/mol. The summed E-state index contributed by atoms with van der Waals surface area (Å²) in [6.07, 6.45) is 0.446. The molecule has 0 saturated carbocycles. The molecular formula is C15H22N2O3S. The molecule has 0 spiro atoms. The molecule has 0 aliphatic rings. The van der Waals surface area contributed by atoms with Crippen LogP contribution in [0, 0.1) is 5.92 Å². The maximum atomic E-state index is 11.6. The lowest BCUT2D eigenvalue weighted by atomic mass is 10.1. The number of thiocarbonyl (C=S) groups is 1. The largest absolute Gasteiger partial charge is 0.491 e. The van der Waals surface area contributed by atoms with Crippen molar-refractivity contribution in [1.82, 2.24) is 5.32 Å². The lowest BCUT2D eigenvalue weighted by Crippen LogP contribution is -2.34. The van der Waals surface area contributed by atoms with Crippen LogP contribution in [0.2, 0.25) is 0 Å². The molecule has 0 unspecified atom stereocenters. The number of rotatable bonds is 7. The Morgan fingerprint density at radius 2 is 2.10 bits per heavy atom. The predicted molar refractivity (Wildman–Crippen MR) is 87.6 cm³/mol. The molecule has 0 bridgehead atoms. The van der Waals surface area contributed by atoms with Crippen LogP contribution in [0.1, 0.15) is 20.3 Å². The van der Waals surface area contributed by atoms with Gasteiger partial charge in [-0.25, -0.2) is 0 Å². The number of hydrogen-bond acceptors (Lipinski definition) is 4. The molecule has 116 valence electrons. The third-order valence-electron chi connectivity index (χ3n) is 2.49. The number of amides is 1. The van der Waals surface area contributed by atoms with Gasteiger partial charge in [0.2, 0.25) is 5.91 Å². The molecule has 6 heteroatoms. The summed E-state index contributed by atoms with van der Waals surface area (Å²) in [6, 6.07) is 7.37. The molecule has 2 N–H and O–H groups in total. The highest BCUT2D eigenvalue weighted by molar-refractivity contribution is 7.80. The van der Waals surface area contributed by atoms with Crippen molar-refractivity contribution < 1.29 is 14.3 Å². The Balaban J connectivity index is 2.48. The molecule has 1 aromatic rings. The van der Waals surface area contributed by atoms with Crippen LogP contribution < -0.4 is 15.4 Å². The number of carbonyl (C=O) groups is 1. The van der Waals surface area contributed by atoms with E-state index >= 15 is 0 Å². The highest BCUT2D eigenvalue weighted by Crippen LogP contribution is 2.17. The summed E-state index contributed by atoms with van der Waals surface area (Å²) in [4.78, 5) is 11.6. The fourth-order valence-electron chi connectivity index (χ4n) is 1.62. The maximum Gasteiger partial charge on any atom is 0.226 e. The average Bonchev–Trinajstić information content (AvgIpc) is 2.38. The highest BCUT2D eigenvalue weighted by atomic mass is 32.1. The highest BCUT2D eigenvalue weighted by Gasteiger charge is 2.07. The van der Waals surface area contributed by atoms with E-state index in [1.54, 1.807) is 7.11 Å². The molecule has 0 atom stereocenters. The van der Waals surface area contributed by atoms with Gasteiger partial charge in [-0.1, -0.05) is 19.9 Å². The zero-order chi connectivity index (χ0) is 15.7. The van der Waals surface area contributed by atoms with Gasteiger partial charge in [0.1, 0.15) is 12.4 Å². The molecule has 5 nitrogen and oxygen atoms in total. The second-order valence-electron chi connectivity index (χ2n) is 4.97. The van der Waals surface area contributed by atoms with Crippen molar-refractivity contribution in [1.29, 1.82) is 0 Å². The van der Waals surface area contributed by atoms with Crippen LogP contribution in [0.25, 0.3) is 0 Å². The predicted octanol–water partition coefficient (Wildman–Crippen LogP) is 2.57. The van der Waals surface area contributed by atoms with E-state index in [1.807, 2.05) is 38.1 Å². The van der Waals surface area contributed by atoms with Gasteiger partial charge in [0.25, 0.3) is 0 Å². The van der Waals surface area contributed by atoms with Gasteiger partial charge in [-0.2, -0.15) is 0 Å². The van der Waals surface area contributed by atoms with Gasteiger partial charge in [0, 0.05) is 25.3 Å². The van der Waals surface area contributed by atoms with Crippen molar-refractivity contribution >= 4 is 28.9 Å². The molecule has 1 amide bonds. The molecule has 1 rings (SSSR count). The van der Waals surface area contributed by atoms with Gasteiger partial charge in [-0.3, -0.25) is 4.79 Å². The van der Waals surface area contributed by atoms with E-state index in [4.69, 9.17) is 21.7 Å². The van der Waals surface area contributed by atoms with E-state index in [1.165, 1.54) is 0 Å². The molecule has 0 aliphatic carbocycles. The molecule has 0 heterocycles. The summed E-state index contributed by atoms with van der Waals surface area (Å²) < 4.78 is 10.4. The number of anilines is 1. The number of nitrogens with one attached hydrogen (secondary N) is 2. The number of benzene rings is 1. The second kappa shape index (κ2) is 9.31. The van der Waals surface area contributed by atoms with Gasteiger partial charge >= 0.3 is 0 Å². The van der Waals surface area contributed by atoms with Crippen molar-refractivity contribution in [3.05, 3.63) is 24.3 Å². The van der Waals surface area contributed by atoms with Crippen molar-refractivity contribution in [3.8, 4) is 5.75 Å². The van der Waals surface area contributed by atoms with Gasteiger partial charge in [0.15, 0.2) is 5.11 Å². The first kappa shape index (κ1) is 17.4. The maximum absolute atomic E-state index is 11.6. The normalized spacial score (nSPS) is 10.3. The number of methoxy groups -OCH3 is 1. The van der Waals surface area contributed by atoms with E-state index in [0.29, 0.717) is 31.3 Å². The van der Waals surface area contributed by atoms with Gasteiger partial charge in [-0.05, 0) is 30.3 Å². The summed E-state index contributed by atoms with van der Waals surface area (Å²) in [6.45, 7) is 4.98. The smallest absolute Gasteiger partial charge is 0.226 e. The van der Waals surface area contributed by atoms with Crippen LogP contribution in [-0.4, -0.2) is 31.3 Å². The Kier molecular flexibility index (Phi) is 7.71. The van der Waals surface area contributed by atoms with Crippen LogP contribution in [0.4, 0.5) is 5.69 Å². The van der Waals surface area contributed by atoms with E-state index < -0.39 is 0 Å². The molecular weight excluding hydrogens is 288 g/mol. The van der Waals surface area contributed by atoms with Crippen LogP contribution in [0.3, 0.4) is 0 Å². The summed E-state index contributed by atoms with van der Waals surface area (Å²) in [5.74, 6) is 0.925. The third-order valence-corrected chi connectivity index (χ3v) is 2.70. The van der Waals surface area contributed by atoms with E-state index in [0.717, 1.165) is 5.69 Å². The minimum absolute atomic E-state index is 0.0880. The summed E-state index contributed by atoms with van der Waals surface area (Å²) in [5, 5.41) is 5.90. The number of hydrogen-bond donors (Lipinski definition) is 2. The summed E-state index contributed by atoms with van der Waals surface area (Å²) in [7, 11) is 1.62. The van der Waals surface area contributed by atoms with Crippen LogP contribution >= 0.6 is 12.2 Å².